The molecular formula is C19H24N4O. The quantitative estimate of drug-likeness (QED) is 0.941. The fourth-order valence-corrected chi connectivity index (χ4v) is 3.98. The maximum absolute atomic E-state index is 13.0. The number of aryl methyl sites for hydroxylation is 1. The first-order valence-electron chi connectivity index (χ1n) is 8.88. The van der Waals surface area contributed by atoms with Gasteiger partial charge in [-0.3, -0.25) is 9.69 Å². The lowest BCUT2D eigenvalue weighted by molar-refractivity contribution is -0.132. The Morgan fingerprint density at radius 1 is 1.21 bits per heavy atom. The van der Waals surface area contributed by atoms with E-state index in [1.54, 1.807) is 6.20 Å². The number of rotatable bonds is 3. The van der Waals surface area contributed by atoms with E-state index in [4.69, 9.17) is 0 Å². The van der Waals surface area contributed by atoms with Gasteiger partial charge in [-0.2, -0.15) is 0 Å². The summed E-state index contributed by atoms with van der Waals surface area (Å²) in [6.45, 7) is 4.46. The molecule has 1 fully saturated rings. The average Bonchev–Trinajstić information content (AvgIpc) is 3.20. The normalized spacial score (nSPS) is 21.5. The molecule has 2 heterocycles. The molecule has 0 saturated carbocycles. The van der Waals surface area contributed by atoms with Crippen LogP contribution in [0.2, 0.25) is 0 Å². The fourth-order valence-electron chi connectivity index (χ4n) is 3.98. The van der Waals surface area contributed by atoms with Crippen LogP contribution < -0.4 is 0 Å². The zero-order valence-electron chi connectivity index (χ0n) is 13.9. The molecule has 0 radical (unpaired) electrons. The number of nitrogens with zero attached hydrogens (tertiary/aromatic N) is 3. The summed E-state index contributed by atoms with van der Waals surface area (Å²) in [6.07, 6.45) is 6.68. The van der Waals surface area contributed by atoms with Gasteiger partial charge in [0.25, 0.3) is 0 Å². The Morgan fingerprint density at radius 3 is 3.00 bits per heavy atom. The van der Waals surface area contributed by atoms with E-state index in [1.165, 1.54) is 11.1 Å². The minimum atomic E-state index is 0.0674. The van der Waals surface area contributed by atoms with E-state index < -0.39 is 0 Å². The molecule has 24 heavy (non-hydrogen) atoms. The molecule has 4 rings (SSSR count). The van der Waals surface area contributed by atoms with Crippen LogP contribution in [0.1, 0.15) is 35.7 Å². The first kappa shape index (κ1) is 15.4. The van der Waals surface area contributed by atoms with Crippen LogP contribution in [0, 0.1) is 0 Å². The SMILES string of the molecule is O=C(C1CCc2ccccc21)N1CCCN(Cc2ncc[nH]2)CC1. The summed E-state index contributed by atoms with van der Waals surface area (Å²) in [4.78, 5) is 25.0. The van der Waals surface area contributed by atoms with Gasteiger partial charge in [0.05, 0.1) is 12.5 Å². The number of aromatic nitrogens is 2. The predicted molar refractivity (Wildman–Crippen MR) is 92.6 cm³/mol. The smallest absolute Gasteiger partial charge is 0.230 e. The van der Waals surface area contributed by atoms with Crippen molar-refractivity contribution in [2.24, 2.45) is 0 Å². The molecule has 1 N–H and O–H groups in total. The van der Waals surface area contributed by atoms with E-state index in [9.17, 15) is 4.79 Å². The molecule has 0 spiro atoms. The van der Waals surface area contributed by atoms with E-state index in [0.29, 0.717) is 5.91 Å². The van der Waals surface area contributed by atoms with Crippen molar-refractivity contribution in [2.75, 3.05) is 26.2 Å². The van der Waals surface area contributed by atoms with Gasteiger partial charge >= 0.3 is 0 Å². The van der Waals surface area contributed by atoms with Gasteiger partial charge in [-0.15, -0.1) is 0 Å². The lowest BCUT2D eigenvalue weighted by atomic mass is 10.00. The Balaban J connectivity index is 1.39. The topological polar surface area (TPSA) is 52.2 Å². The van der Waals surface area contributed by atoms with Gasteiger partial charge in [-0.25, -0.2) is 4.98 Å². The Hall–Kier alpha value is -2.14. The monoisotopic (exact) mass is 324 g/mol. The van der Waals surface area contributed by atoms with E-state index in [2.05, 4.69) is 44.0 Å². The molecule has 1 amide bonds. The zero-order chi connectivity index (χ0) is 16.4. The maximum atomic E-state index is 13.0. The van der Waals surface area contributed by atoms with Gasteiger partial charge in [0.2, 0.25) is 5.91 Å². The van der Waals surface area contributed by atoms with Gasteiger partial charge in [-0.05, 0) is 30.4 Å². The lowest BCUT2D eigenvalue weighted by Gasteiger charge is -2.25. The van der Waals surface area contributed by atoms with Crippen LogP contribution in [0.5, 0.6) is 0 Å². The summed E-state index contributed by atoms with van der Waals surface area (Å²) in [6, 6.07) is 8.42. The Kier molecular flexibility index (Phi) is 4.34. The van der Waals surface area contributed by atoms with Gasteiger partial charge in [0.1, 0.15) is 5.82 Å². The molecule has 1 aliphatic heterocycles. The van der Waals surface area contributed by atoms with Crippen LogP contribution in [-0.2, 0) is 17.8 Å². The van der Waals surface area contributed by atoms with E-state index in [1.807, 2.05) is 6.20 Å². The van der Waals surface area contributed by atoms with Gasteiger partial charge in [0.15, 0.2) is 0 Å². The summed E-state index contributed by atoms with van der Waals surface area (Å²) in [5.74, 6) is 1.39. The standard InChI is InChI=1S/C19H24N4O/c24-19(17-7-6-15-4-1-2-5-16(15)17)23-11-3-10-22(12-13-23)14-18-20-8-9-21-18/h1-2,4-5,8-9,17H,3,6-7,10-14H2,(H,20,21). The van der Waals surface area contributed by atoms with Crippen molar-refractivity contribution >= 4 is 5.91 Å². The van der Waals surface area contributed by atoms with E-state index >= 15 is 0 Å². The van der Waals surface area contributed by atoms with Crippen LogP contribution in [0.4, 0.5) is 0 Å². The van der Waals surface area contributed by atoms with Crippen molar-refractivity contribution in [1.29, 1.82) is 0 Å². The maximum Gasteiger partial charge on any atom is 0.230 e. The van der Waals surface area contributed by atoms with E-state index in [0.717, 1.165) is 57.8 Å². The van der Waals surface area contributed by atoms with Crippen LogP contribution in [-0.4, -0.2) is 51.9 Å². The number of imidazole rings is 1. The van der Waals surface area contributed by atoms with Crippen molar-refractivity contribution in [2.45, 2.75) is 31.7 Å². The number of amides is 1. The second-order valence-electron chi connectivity index (χ2n) is 6.78. The van der Waals surface area contributed by atoms with Gasteiger partial charge in [0, 0.05) is 38.6 Å². The number of H-pyrrole nitrogens is 1. The molecule has 1 aliphatic carbocycles. The zero-order valence-corrected chi connectivity index (χ0v) is 13.9. The van der Waals surface area contributed by atoms with Crippen LogP contribution in [0.25, 0.3) is 0 Å². The molecular weight excluding hydrogens is 300 g/mol. The Bertz CT molecular complexity index is 697. The summed E-state index contributed by atoms with van der Waals surface area (Å²) in [5.41, 5.74) is 2.60. The molecule has 1 saturated heterocycles. The Morgan fingerprint density at radius 2 is 2.12 bits per heavy atom. The number of carbonyl (C=O) groups is 1. The number of hydrogen-bond acceptors (Lipinski definition) is 3. The fraction of sp³-hybridized carbons (Fsp3) is 0.474. The third kappa shape index (κ3) is 3.08. The van der Waals surface area contributed by atoms with Gasteiger partial charge in [-0.1, -0.05) is 24.3 Å². The number of carbonyl (C=O) groups excluding carboxylic acids is 1. The minimum Gasteiger partial charge on any atom is -0.348 e. The minimum absolute atomic E-state index is 0.0674. The number of fused-ring (bicyclic) bond motifs is 1. The van der Waals surface area contributed by atoms with Crippen molar-refractivity contribution in [1.82, 2.24) is 19.8 Å². The second kappa shape index (κ2) is 6.77. The molecule has 1 atom stereocenters. The molecule has 1 aromatic carbocycles. The number of nitrogens with one attached hydrogen (secondary N) is 1. The molecule has 2 aliphatic rings. The summed E-state index contributed by atoms with van der Waals surface area (Å²) in [5, 5.41) is 0. The molecule has 1 aromatic heterocycles. The highest BCUT2D eigenvalue weighted by atomic mass is 16.2. The Labute approximate surface area is 142 Å². The molecule has 0 bridgehead atoms. The van der Waals surface area contributed by atoms with Crippen LogP contribution in [0.3, 0.4) is 0 Å². The van der Waals surface area contributed by atoms with E-state index in [-0.39, 0.29) is 5.92 Å². The highest BCUT2D eigenvalue weighted by Gasteiger charge is 2.32. The third-order valence-corrected chi connectivity index (χ3v) is 5.26. The van der Waals surface area contributed by atoms with Crippen LogP contribution in [0.15, 0.2) is 36.7 Å². The lowest BCUT2D eigenvalue weighted by Crippen LogP contribution is -2.37. The third-order valence-electron chi connectivity index (χ3n) is 5.26. The van der Waals surface area contributed by atoms with Crippen molar-refractivity contribution in [3.63, 3.8) is 0 Å². The number of hydrogen-bond donors (Lipinski definition) is 1. The number of aromatic amines is 1. The molecule has 126 valence electrons. The van der Waals surface area contributed by atoms with Crippen LogP contribution >= 0.6 is 0 Å². The largest absolute Gasteiger partial charge is 0.348 e. The predicted octanol–water partition coefficient (Wildman–Crippen LogP) is 2.17. The van der Waals surface area contributed by atoms with Crippen molar-refractivity contribution in [3.05, 3.63) is 53.6 Å². The van der Waals surface area contributed by atoms with Crippen molar-refractivity contribution in [3.8, 4) is 0 Å². The first-order chi connectivity index (χ1) is 11.8. The highest BCUT2D eigenvalue weighted by Crippen LogP contribution is 2.34. The highest BCUT2D eigenvalue weighted by molar-refractivity contribution is 5.85. The summed E-state index contributed by atoms with van der Waals surface area (Å²) < 4.78 is 0. The van der Waals surface area contributed by atoms with Gasteiger partial charge < -0.3 is 9.88 Å². The molecule has 1 unspecified atom stereocenters. The first-order valence-corrected chi connectivity index (χ1v) is 8.88. The molecule has 5 nitrogen and oxygen atoms in total. The second-order valence-corrected chi connectivity index (χ2v) is 6.78. The summed E-state index contributed by atoms with van der Waals surface area (Å²) >= 11 is 0. The molecule has 5 heteroatoms. The summed E-state index contributed by atoms with van der Waals surface area (Å²) in [7, 11) is 0. The average molecular weight is 324 g/mol. The molecule has 2 aromatic rings. The van der Waals surface area contributed by atoms with Crippen molar-refractivity contribution < 1.29 is 4.79 Å². The number of benzene rings is 1.